The van der Waals surface area contributed by atoms with Gasteiger partial charge in [-0.25, -0.2) is 0 Å². The molecule has 1 aromatic carbocycles. The highest BCUT2D eigenvalue weighted by molar-refractivity contribution is 5.92. The highest BCUT2D eigenvalue weighted by atomic mass is 16.5. The molecule has 3 heteroatoms. The molecule has 0 radical (unpaired) electrons. The quantitative estimate of drug-likeness (QED) is 0.888. The predicted molar refractivity (Wildman–Crippen MR) is 72.7 cm³/mol. The van der Waals surface area contributed by atoms with Crippen LogP contribution < -0.4 is 10.1 Å². The van der Waals surface area contributed by atoms with Gasteiger partial charge in [0.15, 0.2) is 0 Å². The third-order valence-electron chi connectivity index (χ3n) is 3.74. The van der Waals surface area contributed by atoms with Crippen molar-refractivity contribution in [2.75, 3.05) is 12.4 Å². The summed E-state index contributed by atoms with van der Waals surface area (Å²) in [6.07, 6.45) is 4.37. The Labute approximate surface area is 109 Å². The molecule has 1 aliphatic rings. The van der Waals surface area contributed by atoms with Crippen molar-refractivity contribution in [3.8, 4) is 5.75 Å². The number of hydrogen-bond donors (Lipinski definition) is 1. The van der Waals surface area contributed by atoms with E-state index in [2.05, 4.69) is 12.2 Å². The number of hydrogen-bond acceptors (Lipinski definition) is 2. The van der Waals surface area contributed by atoms with Crippen LogP contribution in [0.1, 0.15) is 32.6 Å². The summed E-state index contributed by atoms with van der Waals surface area (Å²) in [5.41, 5.74) is 0.847. The van der Waals surface area contributed by atoms with Crippen LogP contribution in [-0.4, -0.2) is 13.0 Å². The van der Waals surface area contributed by atoms with Crippen LogP contribution >= 0.6 is 0 Å². The van der Waals surface area contributed by atoms with Crippen LogP contribution in [0.4, 0.5) is 5.69 Å². The van der Waals surface area contributed by atoms with Crippen LogP contribution in [0.15, 0.2) is 24.3 Å². The standard InChI is InChI=1S/C15H21NO2/c1-11-3-5-12(6-4-11)15(17)16-13-7-9-14(18-2)10-8-13/h7-12H,3-6H2,1-2H3,(H,16,17). The van der Waals surface area contributed by atoms with Crippen molar-refractivity contribution in [3.63, 3.8) is 0 Å². The average molecular weight is 247 g/mol. The molecule has 0 atom stereocenters. The number of carbonyl (C=O) groups excluding carboxylic acids is 1. The maximum Gasteiger partial charge on any atom is 0.227 e. The van der Waals surface area contributed by atoms with Crippen molar-refractivity contribution in [2.45, 2.75) is 32.6 Å². The van der Waals surface area contributed by atoms with Gasteiger partial charge in [0.05, 0.1) is 7.11 Å². The minimum absolute atomic E-state index is 0.159. The second-order valence-electron chi connectivity index (χ2n) is 5.17. The number of anilines is 1. The Morgan fingerprint density at radius 2 is 1.78 bits per heavy atom. The third kappa shape index (κ3) is 3.25. The van der Waals surface area contributed by atoms with Crippen LogP contribution in [0.2, 0.25) is 0 Å². The maximum absolute atomic E-state index is 12.1. The fourth-order valence-electron chi connectivity index (χ4n) is 2.44. The first kappa shape index (κ1) is 12.9. The minimum atomic E-state index is 0.159. The van der Waals surface area contributed by atoms with Crippen LogP contribution in [-0.2, 0) is 4.79 Å². The lowest BCUT2D eigenvalue weighted by atomic mass is 9.82. The lowest BCUT2D eigenvalue weighted by molar-refractivity contribution is -0.121. The summed E-state index contributed by atoms with van der Waals surface area (Å²) in [5, 5.41) is 2.98. The summed E-state index contributed by atoms with van der Waals surface area (Å²) >= 11 is 0. The number of ether oxygens (including phenoxy) is 1. The fraction of sp³-hybridized carbons (Fsp3) is 0.533. The smallest absolute Gasteiger partial charge is 0.227 e. The Bertz CT molecular complexity index is 391. The summed E-state index contributed by atoms with van der Waals surface area (Å²) in [5.74, 6) is 1.92. The topological polar surface area (TPSA) is 38.3 Å². The minimum Gasteiger partial charge on any atom is -0.497 e. The Morgan fingerprint density at radius 1 is 1.17 bits per heavy atom. The largest absolute Gasteiger partial charge is 0.497 e. The van der Waals surface area contributed by atoms with E-state index in [9.17, 15) is 4.79 Å². The first-order chi connectivity index (χ1) is 8.69. The molecule has 0 saturated heterocycles. The van der Waals surface area contributed by atoms with E-state index in [0.717, 1.165) is 30.2 Å². The van der Waals surface area contributed by atoms with Crippen LogP contribution in [0.5, 0.6) is 5.75 Å². The van der Waals surface area contributed by atoms with Crippen molar-refractivity contribution in [2.24, 2.45) is 11.8 Å². The predicted octanol–water partition coefficient (Wildman–Crippen LogP) is 3.46. The Hall–Kier alpha value is -1.51. The summed E-state index contributed by atoms with van der Waals surface area (Å²) in [7, 11) is 1.64. The zero-order chi connectivity index (χ0) is 13.0. The normalized spacial score (nSPS) is 23.4. The van der Waals surface area contributed by atoms with Gasteiger partial charge in [-0.05, 0) is 55.9 Å². The highest BCUT2D eigenvalue weighted by Gasteiger charge is 2.24. The van der Waals surface area contributed by atoms with Crippen molar-refractivity contribution < 1.29 is 9.53 Å². The summed E-state index contributed by atoms with van der Waals surface area (Å²) < 4.78 is 5.09. The lowest BCUT2D eigenvalue weighted by Gasteiger charge is -2.25. The van der Waals surface area contributed by atoms with Crippen molar-refractivity contribution >= 4 is 11.6 Å². The summed E-state index contributed by atoms with van der Waals surface area (Å²) in [4.78, 5) is 12.1. The number of carbonyl (C=O) groups is 1. The van der Waals surface area contributed by atoms with Crippen molar-refractivity contribution in [1.82, 2.24) is 0 Å². The van der Waals surface area contributed by atoms with E-state index in [1.54, 1.807) is 7.11 Å². The molecule has 3 nitrogen and oxygen atoms in total. The Balaban J connectivity index is 1.90. The maximum atomic E-state index is 12.1. The van der Waals surface area contributed by atoms with E-state index in [0.29, 0.717) is 0 Å². The fourth-order valence-corrected chi connectivity index (χ4v) is 2.44. The molecule has 0 bridgehead atoms. The molecule has 0 heterocycles. The van der Waals surface area contributed by atoms with Gasteiger partial charge in [0.25, 0.3) is 0 Å². The van der Waals surface area contributed by atoms with Gasteiger partial charge >= 0.3 is 0 Å². The molecule has 1 fully saturated rings. The van der Waals surface area contributed by atoms with Gasteiger partial charge in [-0.3, -0.25) is 4.79 Å². The SMILES string of the molecule is COc1ccc(NC(=O)C2CCC(C)CC2)cc1. The van der Waals surface area contributed by atoms with E-state index in [-0.39, 0.29) is 11.8 Å². The van der Waals surface area contributed by atoms with Crippen LogP contribution in [0.3, 0.4) is 0 Å². The van der Waals surface area contributed by atoms with Gasteiger partial charge < -0.3 is 10.1 Å². The number of methoxy groups -OCH3 is 1. The third-order valence-corrected chi connectivity index (χ3v) is 3.74. The second kappa shape index (κ2) is 5.89. The first-order valence-corrected chi connectivity index (χ1v) is 6.64. The number of amides is 1. The van der Waals surface area contributed by atoms with Crippen molar-refractivity contribution in [3.05, 3.63) is 24.3 Å². The summed E-state index contributed by atoms with van der Waals surface area (Å²) in [6, 6.07) is 7.47. The highest BCUT2D eigenvalue weighted by Crippen LogP contribution is 2.29. The molecule has 0 spiro atoms. The Morgan fingerprint density at radius 3 is 2.33 bits per heavy atom. The molecule has 2 rings (SSSR count). The molecule has 1 saturated carbocycles. The van der Waals surface area contributed by atoms with Crippen LogP contribution in [0, 0.1) is 11.8 Å². The molecule has 0 aromatic heterocycles. The number of nitrogens with one attached hydrogen (secondary N) is 1. The molecule has 1 N–H and O–H groups in total. The molecule has 18 heavy (non-hydrogen) atoms. The zero-order valence-corrected chi connectivity index (χ0v) is 11.1. The molecule has 98 valence electrons. The number of rotatable bonds is 3. The van der Waals surface area contributed by atoms with Gasteiger partial charge in [-0.1, -0.05) is 6.92 Å². The van der Waals surface area contributed by atoms with Crippen molar-refractivity contribution in [1.29, 1.82) is 0 Å². The Kier molecular flexibility index (Phi) is 4.24. The van der Waals surface area contributed by atoms with E-state index in [1.165, 1.54) is 12.8 Å². The first-order valence-electron chi connectivity index (χ1n) is 6.64. The molecule has 1 amide bonds. The van der Waals surface area contributed by atoms with Gasteiger partial charge in [-0.15, -0.1) is 0 Å². The average Bonchev–Trinajstić information content (AvgIpc) is 2.40. The lowest BCUT2D eigenvalue weighted by Crippen LogP contribution is -2.26. The van der Waals surface area contributed by atoms with E-state index >= 15 is 0 Å². The second-order valence-corrected chi connectivity index (χ2v) is 5.17. The molecule has 0 aliphatic heterocycles. The van der Waals surface area contributed by atoms with Crippen LogP contribution in [0.25, 0.3) is 0 Å². The molecular weight excluding hydrogens is 226 g/mol. The van der Waals surface area contributed by atoms with E-state index in [1.807, 2.05) is 24.3 Å². The molecule has 1 aromatic rings. The van der Waals surface area contributed by atoms with Gasteiger partial charge in [0.2, 0.25) is 5.91 Å². The molecule has 1 aliphatic carbocycles. The monoisotopic (exact) mass is 247 g/mol. The summed E-state index contributed by atoms with van der Waals surface area (Å²) in [6.45, 7) is 2.26. The van der Waals surface area contributed by atoms with Gasteiger partial charge in [-0.2, -0.15) is 0 Å². The van der Waals surface area contributed by atoms with E-state index < -0.39 is 0 Å². The zero-order valence-electron chi connectivity index (χ0n) is 11.1. The van der Waals surface area contributed by atoms with E-state index in [4.69, 9.17) is 4.74 Å². The molecular formula is C15H21NO2. The van der Waals surface area contributed by atoms with Gasteiger partial charge in [0.1, 0.15) is 5.75 Å². The number of benzene rings is 1. The van der Waals surface area contributed by atoms with Gasteiger partial charge in [0, 0.05) is 11.6 Å². The molecule has 0 unspecified atom stereocenters.